The maximum Gasteiger partial charge on any atom is 0.338 e. The highest BCUT2D eigenvalue weighted by atomic mass is 32.1. The number of benzene rings is 1. The van der Waals surface area contributed by atoms with E-state index in [9.17, 15) is 9.59 Å². The van der Waals surface area contributed by atoms with Gasteiger partial charge >= 0.3 is 11.9 Å². The number of hydrogen-bond donors (Lipinski definition) is 0. The van der Waals surface area contributed by atoms with Gasteiger partial charge in [-0.2, -0.15) is 0 Å². The first kappa shape index (κ1) is 23.0. The highest BCUT2D eigenvalue weighted by Crippen LogP contribution is 2.33. The number of esters is 2. The molecule has 2 heterocycles. The SMILES string of the molecule is COC(=O)c1cc(OCCCCCCc2ccsc2-c2cccs2)cc(C(=O)OC)c1. The van der Waals surface area contributed by atoms with Gasteiger partial charge in [0.25, 0.3) is 0 Å². The zero-order valence-electron chi connectivity index (χ0n) is 17.7. The molecule has 3 rings (SSSR count). The summed E-state index contributed by atoms with van der Waals surface area (Å²) in [4.78, 5) is 26.4. The van der Waals surface area contributed by atoms with Crippen molar-refractivity contribution in [1.29, 1.82) is 0 Å². The lowest BCUT2D eigenvalue weighted by Crippen LogP contribution is -2.08. The molecule has 31 heavy (non-hydrogen) atoms. The summed E-state index contributed by atoms with van der Waals surface area (Å²) in [6.45, 7) is 0.518. The van der Waals surface area contributed by atoms with Gasteiger partial charge in [0.15, 0.2) is 0 Å². The van der Waals surface area contributed by atoms with E-state index < -0.39 is 11.9 Å². The fourth-order valence-corrected chi connectivity index (χ4v) is 5.13. The zero-order valence-corrected chi connectivity index (χ0v) is 19.4. The third-order valence-electron chi connectivity index (χ3n) is 4.85. The van der Waals surface area contributed by atoms with Gasteiger partial charge < -0.3 is 14.2 Å². The summed E-state index contributed by atoms with van der Waals surface area (Å²) in [6.07, 6.45) is 5.30. The van der Waals surface area contributed by atoms with Gasteiger partial charge in [-0.1, -0.05) is 18.9 Å². The van der Waals surface area contributed by atoms with Crippen molar-refractivity contribution < 1.29 is 23.8 Å². The van der Waals surface area contributed by atoms with Gasteiger partial charge in [0.05, 0.1) is 32.0 Å². The molecule has 0 aliphatic heterocycles. The van der Waals surface area contributed by atoms with E-state index in [-0.39, 0.29) is 11.1 Å². The summed E-state index contributed by atoms with van der Waals surface area (Å²) in [5.74, 6) is -0.584. The van der Waals surface area contributed by atoms with Crippen LogP contribution < -0.4 is 4.74 Å². The van der Waals surface area contributed by atoms with E-state index >= 15 is 0 Å². The summed E-state index contributed by atoms with van der Waals surface area (Å²) in [7, 11) is 2.60. The molecule has 0 radical (unpaired) electrons. The maximum absolute atomic E-state index is 11.8. The van der Waals surface area contributed by atoms with Crippen molar-refractivity contribution in [2.24, 2.45) is 0 Å². The molecule has 0 aliphatic carbocycles. The van der Waals surface area contributed by atoms with Crippen LogP contribution in [0.5, 0.6) is 5.75 Å². The van der Waals surface area contributed by atoms with Crippen LogP contribution in [-0.2, 0) is 15.9 Å². The van der Waals surface area contributed by atoms with Crippen LogP contribution in [0.15, 0.2) is 47.2 Å². The molecule has 0 saturated heterocycles. The fourth-order valence-electron chi connectivity index (χ4n) is 3.27. The molecule has 3 aromatic rings. The molecule has 0 spiro atoms. The van der Waals surface area contributed by atoms with E-state index in [4.69, 9.17) is 14.2 Å². The largest absolute Gasteiger partial charge is 0.494 e. The molecule has 7 heteroatoms. The van der Waals surface area contributed by atoms with Gasteiger partial charge in [-0.3, -0.25) is 0 Å². The molecule has 0 N–H and O–H groups in total. The second-order valence-electron chi connectivity index (χ2n) is 6.99. The molecule has 0 saturated carbocycles. The highest BCUT2D eigenvalue weighted by Gasteiger charge is 2.14. The monoisotopic (exact) mass is 458 g/mol. The summed E-state index contributed by atoms with van der Waals surface area (Å²) in [5.41, 5.74) is 1.95. The molecule has 0 aliphatic rings. The molecule has 0 bridgehead atoms. The summed E-state index contributed by atoms with van der Waals surface area (Å²) < 4.78 is 15.3. The standard InChI is InChI=1S/C24H26O5S2/c1-27-23(25)18-14-19(24(26)28-2)16-20(15-18)29-11-6-4-3-5-8-17-10-13-31-22(17)21-9-7-12-30-21/h7,9-10,12-16H,3-6,8,11H2,1-2H3. The molecule has 0 unspecified atom stereocenters. The topological polar surface area (TPSA) is 61.8 Å². The highest BCUT2D eigenvalue weighted by molar-refractivity contribution is 7.20. The Bertz CT molecular complexity index is 957. The quantitative estimate of drug-likeness (QED) is 0.252. The number of hydrogen-bond acceptors (Lipinski definition) is 7. The van der Waals surface area contributed by atoms with E-state index in [0.717, 1.165) is 32.1 Å². The average molecular weight is 459 g/mol. The van der Waals surface area contributed by atoms with Crippen LogP contribution in [0.2, 0.25) is 0 Å². The average Bonchev–Trinajstić information content (AvgIpc) is 3.48. The Balaban J connectivity index is 1.43. The van der Waals surface area contributed by atoms with Crippen LogP contribution in [0, 0.1) is 0 Å². The minimum absolute atomic E-state index is 0.262. The lowest BCUT2D eigenvalue weighted by Gasteiger charge is -2.10. The zero-order chi connectivity index (χ0) is 22.1. The van der Waals surface area contributed by atoms with Crippen LogP contribution in [-0.4, -0.2) is 32.8 Å². The first-order chi connectivity index (χ1) is 15.1. The molecular formula is C24H26O5S2. The minimum atomic E-state index is -0.522. The Morgan fingerprint density at radius 2 is 1.55 bits per heavy atom. The van der Waals surface area contributed by atoms with Gasteiger partial charge in [0.1, 0.15) is 5.75 Å². The van der Waals surface area contributed by atoms with Crippen LogP contribution in [0.1, 0.15) is 52.0 Å². The van der Waals surface area contributed by atoms with Crippen molar-refractivity contribution >= 4 is 34.6 Å². The van der Waals surface area contributed by atoms with Crippen molar-refractivity contribution in [3.63, 3.8) is 0 Å². The van der Waals surface area contributed by atoms with Crippen LogP contribution in [0.4, 0.5) is 0 Å². The molecule has 164 valence electrons. The van der Waals surface area contributed by atoms with Gasteiger partial charge in [-0.05, 0) is 65.9 Å². The smallest absolute Gasteiger partial charge is 0.338 e. The summed E-state index contributed by atoms with van der Waals surface area (Å²) >= 11 is 3.60. The van der Waals surface area contributed by atoms with Crippen molar-refractivity contribution in [2.45, 2.75) is 32.1 Å². The molecule has 0 atom stereocenters. The maximum atomic E-state index is 11.8. The summed E-state index contributed by atoms with van der Waals surface area (Å²) in [5, 5.41) is 4.29. The number of rotatable bonds is 11. The third kappa shape index (κ3) is 6.42. The van der Waals surface area contributed by atoms with Gasteiger partial charge in [0, 0.05) is 9.75 Å². The minimum Gasteiger partial charge on any atom is -0.494 e. The van der Waals surface area contributed by atoms with Crippen molar-refractivity contribution in [2.75, 3.05) is 20.8 Å². The predicted molar refractivity (Wildman–Crippen MR) is 124 cm³/mol. The van der Waals surface area contributed by atoms with Gasteiger partial charge in [0.2, 0.25) is 0 Å². The van der Waals surface area contributed by atoms with E-state index in [2.05, 4.69) is 29.0 Å². The number of methoxy groups -OCH3 is 2. The Morgan fingerprint density at radius 1 is 0.839 bits per heavy atom. The Labute approximate surface area is 190 Å². The Hall–Kier alpha value is -2.64. The molecule has 5 nitrogen and oxygen atoms in total. The number of carbonyl (C=O) groups is 2. The van der Waals surface area contributed by atoms with E-state index in [1.165, 1.54) is 35.6 Å². The number of carbonyl (C=O) groups excluding carboxylic acids is 2. The van der Waals surface area contributed by atoms with Gasteiger partial charge in [-0.15, -0.1) is 22.7 Å². The Morgan fingerprint density at radius 3 is 2.19 bits per heavy atom. The van der Waals surface area contributed by atoms with E-state index in [0.29, 0.717) is 12.4 Å². The van der Waals surface area contributed by atoms with Crippen molar-refractivity contribution in [1.82, 2.24) is 0 Å². The van der Waals surface area contributed by atoms with Crippen molar-refractivity contribution in [3.05, 3.63) is 63.8 Å². The van der Waals surface area contributed by atoms with Crippen LogP contribution in [0.3, 0.4) is 0 Å². The Kier molecular flexibility index (Phi) is 8.67. The molecule has 1 aromatic carbocycles. The molecule has 0 fully saturated rings. The first-order valence-electron chi connectivity index (χ1n) is 10.2. The second-order valence-corrected chi connectivity index (χ2v) is 8.86. The van der Waals surface area contributed by atoms with E-state index in [1.54, 1.807) is 23.5 Å². The molecule has 2 aromatic heterocycles. The lowest BCUT2D eigenvalue weighted by molar-refractivity contribution is 0.0598. The number of aryl methyl sites for hydroxylation is 1. The normalized spacial score (nSPS) is 10.6. The number of ether oxygens (including phenoxy) is 3. The molecule has 0 amide bonds. The lowest BCUT2D eigenvalue weighted by atomic mass is 10.1. The first-order valence-corrected chi connectivity index (χ1v) is 11.9. The fraction of sp³-hybridized carbons (Fsp3) is 0.333. The predicted octanol–water partition coefficient (Wildman–Crippen LogP) is 6.23. The second kappa shape index (κ2) is 11.7. The van der Waals surface area contributed by atoms with Crippen LogP contribution in [0.25, 0.3) is 9.75 Å². The van der Waals surface area contributed by atoms with Gasteiger partial charge in [-0.25, -0.2) is 9.59 Å². The third-order valence-corrected chi connectivity index (χ3v) is 6.86. The van der Waals surface area contributed by atoms with E-state index in [1.807, 2.05) is 11.3 Å². The molecular weight excluding hydrogens is 432 g/mol. The van der Waals surface area contributed by atoms with Crippen LogP contribution >= 0.6 is 22.7 Å². The number of thiophene rings is 2. The number of unbranched alkanes of at least 4 members (excludes halogenated alkanes) is 3. The van der Waals surface area contributed by atoms with Crippen molar-refractivity contribution in [3.8, 4) is 15.5 Å². The summed E-state index contributed by atoms with van der Waals surface area (Å²) in [6, 6.07) is 11.1.